The maximum Gasteiger partial charge on any atom is 0.293 e. The molecule has 6 rings (SSSR count). The molecule has 1 fully saturated rings. The lowest BCUT2D eigenvalue weighted by Gasteiger charge is -2.36. The molecule has 4 aliphatic rings. The molecule has 57 heavy (non-hydrogen) atoms. The number of para-hydroxylation sites is 2. The fourth-order valence-electron chi connectivity index (χ4n) is 9.15. The SMILES string of the molecule is CN1C2CCC1C(C=CC1=[N+](CCCCS(=O)(=O)O)c3ccccc3C1(C)C)=C(SCCOC=O)C2=CC=C1N(CCCCS(=O)(=O)O)c2ccccc2C1(C)C. The fraction of sp³-hybridized carbons (Fsp3) is 0.488. The molecule has 2 unspecified atom stereocenters. The molecule has 4 heterocycles. The molecule has 0 aromatic heterocycles. The lowest BCUT2D eigenvalue weighted by atomic mass is 9.81. The third-order valence-electron chi connectivity index (χ3n) is 12.0. The number of allylic oxidation sites excluding steroid dienone is 4. The zero-order chi connectivity index (χ0) is 41.2. The molecule has 2 N–H and O–H groups in total. The number of likely N-dealkylation sites (N-methyl/N-ethyl adjacent to an activating group) is 1. The number of ether oxygens (including phenoxy) is 1. The lowest BCUT2D eigenvalue weighted by Crippen LogP contribution is -2.39. The monoisotopic (exact) mass is 838 g/mol. The molecule has 308 valence electrons. The third kappa shape index (κ3) is 9.36. The summed E-state index contributed by atoms with van der Waals surface area (Å²) in [6.07, 6.45) is 12.8. The van der Waals surface area contributed by atoms with Crippen LogP contribution in [0.5, 0.6) is 0 Å². The van der Waals surface area contributed by atoms with Gasteiger partial charge in [-0.15, -0.1) is 11.8 Å². The Balaban J connectivity index is 1.43. The highest BCUT2D eigenvalue weighted by molar-refractivity contribution is 8.03. The van der Waals surface area contributed by atoms with Gasteiger partial charge in [-0.1, -0.05) is 62.4 Å². The predicted molar refractivity (Wildman–Crippen MR) is 229 cm³/mol. The van der Waals surface area contributed by atoms with Crippen LogP contribution < -0.4 is 4.90 Å². The van der Waals surface area contributed by atoms with E-state index in [0.717, 1.165) is 35.6 Å². The average molecular weight is 839 g/mol. The number of rotatable bonds is 18. The summed E-state index contributed by atoms with van der Waals surface area (Å²) in [5.74, 6) is 0.0500. The van der Waals surface area contributed by atoms with E-state index in [2.05, 4.69) is 97.7 Å². The first-order chi connectivity index (χ1) is 27.0. The molecule has 4 aliphatic heterocycles. The van der Waals surface area contributed by atoms with Crippen molar-refractivity contribution >= 4 is 55.6 Å². The molecule has 11 nitrogen and oxygen atoms in total. The maximum atomic E-state index is 11.5. The summed E-state index contributed by atoms with van der Waals surface area (Å²) in [6.45, 7) is 10.9. The van der Waals surface area contributed by atoms with E-state index in [1.807, 2.05) is 24.3 Å². The summed E-state index contributed by atoms with van der Waals surface area (Å²) in [4.78, 5) is 17.0. The van der Waals surface area contributed by atoms with Crippen molar-refractivity contribution in [3.05, 3.63) is 106 Å². The second-order valence-corrected chi connectivity index (χ2v) is 20.6. The summed E-state index contributed by atoms with van der Waals surface area (Å²) in [7, 11) is -5.89. The van der Waals surface area contributed by atoms with E-state index in [4.69, 9.17) is 4.74 Å². The van der Waals surface area contributed by atoms with Gasteiger partial charge < -0.3 is 9.64 Å². The van der Waals surface area contributed by atoms with Crippen molar-refractivity contribution in [1.29, 1.82) is 0 Å². The van der Waals surface area contributed by atoms with Gasteiger partial charge in [0.25, 0.3) is 26.7 Å². The van der Waals surface area contributed by atoms with Crippen LogP contribution in [-0.4, -0.2) is 104 Å². The molecule has 0 aliphatic carbocycles. The van der Waals surface area contributed by atoms with Crippen molar-refractivity contribution in [1.82, 2.24) is 4.90 Å². The fourth-order valence-corrected chi connectivity index (χ4v) is 11.4. The molecule has 0 amide bonds. The van der Waals surface area contributed by atoms with Crippen LogP contribution in [0.2, 0.25) is 0 Å². The Labute approximate surface area is 342 Å². The Bertz CT molecular complexity index is 2240. The third-order valence-corrected chi connectivity index (χ3v) is 14.7. The standard InChI is InChI=1S/C43H55N3O8S3/c1-42(2)33-14-6-8-16-37(33)45(24-10-12-28-56(48,49)50)39(42)22-18-31-35-20-21-36(44(35)5)32(41(31)55-27-26-54-30-47)19-23-40-43(3,4)34-15-7-9-17-38(34)46(40)25-11-13-29-57(51,52)53/h6-9,14-19,22-23,30,35-36H,10-13,20-21,24-29H2,1-5H3,(H-,48,49,50,51,52,53)/p+1. The minimum atomic E-state index is -4.04. The molecular weight excluding hydrogens is 783 g/mol. The van der Waals surface area contributed by atoms with Crippen molar-refractivity contribution < 1.29 is 40.0 Å². The molecule has 0 radical (unpaired) electrons. The number of nitrogens with zero attached hydrogens (tertiary/aromatic N) is 3. The molecule has 0 saturated carbocycles. The van der Waals surface area contributed by atoms with Gasteiger partial charge >= 0.3 is 0 Å². The van der Waals surface area contributed by atoms with Gasteiger partial charge in [0.15, 0.2) is 5.71 Å². The van der Waals surface area contributed by atoms with Gasteiger partial charge in [-0.25, -0.2) is 0 Å². The van der Waals surface area contributed by atoms with Crippen molar-refractivity contribution in [3.8, 4) is 0 Å². The van der Waals surface area contributed by atoms with Crippen LogP contribution in [0, 0.1) is 0 Å². The molecule has 1 saturated heterocycles. The largest absolute Gasteiger partial charge is 0.467 e. The van der Waals surface area contributed by atoms with Crippen LogP contribution >= 0.6 is 11.8 Å². The highest BCUT2D eigenvalue weighted by atomic mass is 32.2. The summed E-state index contributed by atoms with van der Waals surface area (Å²) >= 11 is 1.71. The lowest BCUT2D eigenvalue weighted by molar-refractivity contribution is -0.438. The zero-order valence-electron chi connectivity index (χ0n) is 33.6. The molecule has 2 aromatic rings. The Kier molecular flexibility index (Phi) is 13.1. The van der Waals surface area contributed by atoms with Gasteiger partial charge in [0.05, 0.1) is 16.9 Å². The van der Waals surface area contributed by atoms with Crippen molar-refractivity contribution in [2.24, 2.45) is 0 Å². The van der Waals surface area contributed by atoms with Crippen LogP contribution in [0.4, 0.5) is 11.4 Å². The number of thioether (sulfide) groups is 1. The average Bonchev–Trinajstić information content (AvgIpc) is 3.65. The smallest absolute Gasteiger partial charge is 0.293 e. The van der Waals surface area contributed by atoms with Crippen LogP contribution in [0.15, 0.2) is 94.6 Å². The van der Waals surface area contributed by atoms with Gasteiger partial charge in [-0.05, 0) is 81.9 Å². The Morgan fingerprint density at radius 3 is 2.19 bits per heavy atom. The van der Waals surface area contributed by atoms with Crippen LogP contribution in [0.25, 0.3) is 0 Å². The van der Waals surface area contributed by atoms with Gasteiger partial charge in [0.2, 0.25) is 5.69 Å². The number of anilines is 1. The van der Waals surface area contributed by atoms with E-state index >= 15 is 0 Å². The zero-order valence-corrected chi connectivity index (χ0v) is 36.0. The molecule has 14 heteroatoms. The summed E-state index contributed by atoms with van der Waals surface area (Å²) < 4.78 is 72.1. The van der Waals surface area contributed by atoms with E-state index in [1.54, 1.807) is 11.8 Å². The van der Waals surface area contributed by atoms with E-state index < -0.39 is 20.2 Å². The number of carbonyl (C=O) groups excluding carboxylic acids is 1. The predicted octanol–water partition coefficient (Wildman–Crippen LogP) is 7.20. The molecule has 2 bridgehead atoms. The normalized spacial score (nSPS) is 23.0. The Morgan fingerprint density at radius 2 is 1.49 bits per heavy atom. The second-order valence-electron chi connectivity index (χ2n) is 16.3. The number of fused-ring (bicyclic) bond motifs is 4. The number of benzene rings is 2. The minimum Gasteiger partial charge on any atom is -0.467 e. The topological polar surface area (TPSA) is 145 Å². The van der Waals surface area contributed by atoms with E-state index in [1.165, 1.54) is 27.2 Å². The Morgan fingerprint density at radius 1 is 0.842 bits per heavy atom. The summed E-state index contributed by atoms with van der Waals surface area (Å²) in [6, 6.07) is 17.0. The van der Waals surface area contributed by atoms with Gasteiger partial charge in [-0.2, -0.15) is 21.4 Å². The van der Waals surface area contributed by atoms with Crippen LogP contribution in [-0.2, 0) is 40.6 Å². The van der Waals surface area contributed by atoms with E-state index in [9.17, 15) is 30.7 Å². The van der Waals surface area contributed by atoms with E-state index in [0.29, 0.717) is 51.0 Å². The van der Waals surface area contributed by atoms with E-state index in [-0.39, 0.29) is 41.0 Å². The maximum absolute atomic E-state index is 11.5. The molecule has 2 atom stereocenters. The van der Waals surface area contributed by atoms with Crippen molar-refractivity contribution in [2.75, 3.05) is 48.9 Å². The van der Waals surface area contributed by atoms with Gasteiger partial charge in [0.1, 0.15) is 13.2 Å². The highest BCUT2D eigenvalue weighted by Crippen LogP contribution is 2.50. The van der Waals surface area contributed by atoms with Crippen LogP contribution in [0.3, 0.4) is 0 Å². The van der Waals surface area contributed by atoms with Crippen molar-refractivity contribution in [3.63, 3.8) is 0 Å². The highest BCUT2D eigenvalue weighted by Gasteiger charge is 2.46. The first kappa shape index (κ1) is 43.1. The van der Waals surface area contributed by atoms with Gasteiger partial charge in [-0.3, -0.25) is 18.8 Å². The first-order valence-corrected chi connectivity index (χ1v) is 23.9. The van der Waals surface area contributed by atoms with Crippen molar-refractivity contribution in [2.45, 2.75) is 89.1 Å². The molecule has 0 spiro atoms. The number of hydrogen-bond donors (Lipinski definition) is 2. The summed E-state index contributed by atoms with van der Waals surface area (Å²) in [5, 5.41) is 0. The second kappa shape index (κ2) is 17.4. The first-order valence-electron chi connectivity index (χ1n) is 19.7. The number of carbonyl (C=O) groups is 1. The molecule has 2 aromatic carbocycles. The quantitative estimate of drug-likeness (QED) is 0.0681. The van der Waals surface area contributed by atoms with Crippen LogP contribution in [0.1, 0.15) is 77.3 Å². The van der Waals surface area contributed by atoms with Gasteiger partial charge in [0, 0.05) is 70.2 Å². The minimum absolute atomic E-state index is 0.188. The Hall–Kier alpha value is -3.53. The summed E-state index contributed by atoms with van der Waals surface area (Å²) in [5.41, 5.74) is 8.58. The number of hydrogen-bond acceptors (Lipinski definition) is 9. The number of unbranched alkanes of at least 4 members (excludes halogenated alkanes) is 2. The molecular formula is C43H56N3O8S3+.